The zero-order valence-electron chi connectivity index (χ0n) is 9.98. The van der Waals surface area contributed by atoms with E-state index in [1.54, 1.807) is 0 Å². The third kappa shape index (κ3) is 4.47. The Hall–Kier alpha value is -0.290. The van der Waals surface area contributed by atoms with Crippen molar-refractivity contribution in [2.24, 2.45) is 5.41 Å². The minimum Gasteiger partial charge on any atom is -0.371 e. The Morgan fingerprint density at radius 3 is 2.35 bits per heavy atom. The van der Waals surface area contributed by atoms with Crippen LogP contribution in [0.25, 0.3) is 0 Å². The molecule has 2 rings (SSSR count). The molecule has 2 nitrogen and oxygen atoms in total. The number of halogens is 3. The van der Waals surface area contributed by atoms with Gasteiger partial charge in [0, 0.05) is 18.0 Å². The molecule has 0 radical (unpaired) electrons. The van der Waals surface area contributed by atoms with Crippen LogP contribution in [0.2, 0.25) is 0 Å². The molecule has 0 aliphatic heterocycles. The number of rotatable bonds is 6. The topological polar surface area (TPSA) is 21.3 Å². The van der Waals surface area contributed by atoms with E-state index in [0.717, 1.165) is 32.2 Å². The summed E-state index contributed by atoms with van der Waals surface area (Å²) in [5.41, 5.74) is -0.0478. The van der Waals surface area contributed by atoms with Crippen molar-refractivity contribution in [3.05, 3.63) is 0 Å². The molecule has 2 aliphatic carbocycles. The molecule has 5 heteroatoms. The number of nitrogens with one attached hydrogen (secondary N) is 1. The van der Waals surface area contributed by atoms with E-state index >= 15 is 0 Å². The first-order chi connectivity index (χ1) is 7.99. The standard InChI is InChI=1S/C12H20F3NO/c13-12(14,15)9-17-8-11(5-1-2-6-11)7-16-10-3-4-10/h10,16H,1-9H2. The molecule has 0 aromatic heterocycles. The van der Waals surface area contributed by atoms with Gasteiger partial charge in [-0.1, -0.05) is 12.8 Å². The number of ether oxygens (including phenoxy) is 1. The molecule has 0 aromatic rings. The lowest BCUT2D eigenvalue weighted by atomic mass is 9.87. The first-order valence-corrected chi connectivity index (χ1v) is 6.37. The SMILES string of the molecule is FC(F)(F)COCC1(CNC2CC2)CCCC1. The average Bonchev–Trinajstić information content (AvgIpc) is 2.95. The van der Waals surface area contributed by atoms with Crippen molar-refractivity contribution < 1.29 is 17.9 Å². The van der Waals surface area contributed by atoms with E-state index in [1.807, 2.05) is 0 Å². The van der Waals surface area contributed by atoms with E-state index in [-0.39, 0.29) is 12.0 Å². The molecule has 0 unspecified atom stereocenters. The minimum atomic E-state index is -4.20. The van der Waals surface area contributed by atoms with Crippen molar-refractivity contribution in [3.8, 4) is 0 Å². The van der Waals surface area contributed by atoms with Gasteiger partial charge in [0.05, 0.1) is 6.61 Å². The number of hydrogen-bond acceptors (Lipinski definition) is 2. The Morgan fingerprint density at radius 1 is 1.18 bits per heavy atom. The molecule has 0 heterocycles. The molecule has 0 saturated heterocycles. The summed E-state index contributed by atoms with van der Waals surface area (Å²) in [5.74, 6) is 0. The van der Waals surface area contributed by atoms with E-state index in [9.17, 15) is 13.2 Å². The van der Waals surface area contributed by atoms with Crippen LogP contribution >= 0.6 is 0 Å². The predicted molar refractivity (Wildman–Crippen MR) is 58.8 cm³/mol. The van der Waals surface area contributed by atoms with Gasteiger partial charge in [-0.05, 0) is 25.7 Å². The van der Waals surface area contributed by atoms with Gasteiger partial charge in [0.25, 0.3) is 0 Å². The van der Waals surface area contributed by atoms with E-state index < -0.39 is 12.8 Å². The Labute approximate surface area is 99.9 Å². The molecular weight excluding hydrogens is 231 g/mol. The van der Waals surface area contributed by atoms with Crippen LogP contribution in [0.15, 0.2) is 0 Å². The van der Waals surface area contributed by atoms with Crippen molar-refractivity contribution in [1.82, 2.24) is 5.32 Å². The number of alkyl halides is 3. The summed E-state index contributed by atoms with van der Waals surface area (Å²) in [6.07, 6.45) is 2.42. The molecule has 0 amide bonds. The van der Waals surface area contributed by atoms with Gasteiger partial charge in [0.15, 0.2) is 0 Å². The van der Waals surface area contributed by atoms with Crippen LogP contribution < -0.4 is 5.32 Å². The van der Waals surface area contributed by atoms with Gasteiger partial charge in [-0.25, -0.2) is 0 Å². The lowest BCUT2D eigenvalue weighted by molar-refractivity contribution is -0.180. The first-order valence-electron chi connectivity index (χ1n) is 6.37. The summed E-state index contributed by atoms with van der Waals surface area (Å²) in [7, 11) is 0. The van der Waals surface area contributed by atoms with Gasteiger partial charge >= 0.3 is 6.18 Å². The zero-order valence-corrected chi connectivity index (χ0v) is 9.98. The highest BCUT2D eigenvalue weighted by molar-refractivity contribution is 4.90. The highest BCUT2D eigenvalue weighted by Gasteiger charge is 2.37. The smallest absolute Gasteiger partial charge is 0.371 e. The molecule has 0 aromatic carbocycles. The summed E-state index contributed by atoms with van der Waals surface area (Å²) >= 11 is 0. The van der Waals surface area contributed by atoms with Crippen LogP contribution in [-0.4, -0.2) is 32.0 Å². The van der Waals surface area contributed by atoms with Crippen molar-refractivity contribution in [2.45, 2.75) is 50.7 Å². The highest BCUT2D eigenvalue weighted by atomic mass is 19.4. The van der Waals surface area contributed by atoms with Crippen LogP contribution in [-0.2, 0) is 4.74 Å². The van der Waals surface area contributed by atoms with Crippen molar-refractivity contribution in [2.75, 3.05) is 19.8 Å². The lowest BCUT2D eigenvalue weighted by Gasteiger charge is -2.29. The molecule has 0 bridgehead atoms. The maximum Gasteiger partial charge on any atom is 0.411 e. The monoisotopic (exact) mass is 251 g/mol. The molecule has 0 spiro atoms. The minimum absolute atomic E-state index is 0.0478. The van der Waals surface area contributed by atoms with Gasteiger partial charge in [-0.3, -0.25) is 0 Å². The van der Waals surface area contributed by atoms with E-state index in [2.05, 4.69) is 5.32 Å². The van der Waals surface area contributed by atoms with Crippen molar-refractivity contribution >= 4 is 0 Å². The second kappa shape index (κ2) is 5.14. The van der Waals surface area contributed by atoms with Crippen molar-refractivity contribution in [1.29, 1.82) is 0 Å². The number of hydrogen-bond donors (Lipinski definition) is 1. The third-order valence-electron chi connectivity index (χ3n) is 3.68. The molecule has 2 saturated carbocycles. The fourth-order valence-electron chi connectivity index (χ4n) is 2.53. The maximum atomic E-state index is 12.0. The van der Waals surface area contributed by atoms with Crippen LogP contribution in [0, 0.1) is 5.41 Å². The second-order valence-corrected chi connectivity index (χ2v) is 5.47. The molecule has 2 aliphatic rings. The quantitative estimate of drug-likeness (QED) is 0.783. The molecule has 0 atom stereocenters. The first kappa shape index (κ1) is 13.1. The molecular formula is C12H20F3NO. The van der Waals surface area contributed by atoms with Gasteiger partial charge < -0.3 is 10.1 Å². The Morgan fingerprint density at radius 2 is 1.82 bits per heavy atom. The van der Waals surface area contributed by atoms with E-state index in [0.29, 0.717) is 6.04 Å². The van der Waals surface area contributed by atoms with E-state index in [4.69, 9.17) is 4.74 Å². The summed E-state index contributed by atoms with van der Waals surface area (Å²) in [4.78, 5) is 0. The third-order valence-corrected chi connectivity index (χ3v) is 3.68. The van der Waals surface area contributed by atoms with Crippen molar-refractivity contribution in [3.63, 3.8) is 0 Å². The molecule has 1 N–H and O–H groups in total. The summed E-state index contributed by atoms with van der Waals surface area (Å²) in [6.45, 7) is -0.0556. The van der Waals surface area contributed by atoms with Gasteiger partial charge in [0.2, 0.25) is 0 Å². The predicted octanol–water partition coefficient (Wildman–Crippen LogP) is 2.88. The van der Waals surface area contributed by atoms with Crippen LogP contribution in [0.1, 0.15) is 38.5 Å². The van der Waals surface area contributed by atoms with Gasteiger partial charge in [-0.15, -0.1) is 0 Å². The summed E-state index contributed by atoms with van der Waals surface area (Å²) in [5, 5.41) is 3.43. The Bertz CT molecular complexity index is 245. The molecule has 100 valence electrons. The molecule has 2 fully saturated rings. The van der Waals surface area contributed by atoms with Gasteiger partial charge in [0.1, 0.15) is 6.61 Å². The van der Waals surface area contributed by atoms with Gasteiger partial charge in [-0.2, -0.15) is 13.2 Å². The summed E-state index contributed by atoms with van der Waals surface area (Å²) in [6, 6.07) is 0.607. The maximum absolute atomic E-state index is 12.0. The lowest BCUT2D eigenvalue weighted by Crippen LogP contribution is -2.38. The normalized spacial score (nSPS) is 24.2. The summed E-state index contributed by atoms with van der Waals surface area (Å²) < 4.78 is 41.0. The van der Waals surface area contributed by atoms with Crippen LogP contribution in [0.4, 0.5) is 13.2 Å². The largest absolute Gasteiger partial charge is 0.411 e. The van der Waals surface area contributed by atoms with E-state index in [1.165, 1.54) is 12.8 Å². The zero-order chi connectivity index (χ0) is 12.4. The second-order valence-electron chi connectivity index (χ2n) is 5.47. The Balaban J connectivity index is 1.74. The molecule has 17 heavy (non-hydrogen) atoms. The Kier molecular flexibility index (Phi) is 3.98. The average molecular weight is 251 g/mol. The van der Waals surface area contributed by atoms with Crippen LogP contribution in [0.5, 0.6) is 0 Å². The highest BCUT2D eigenvalue weighted by Crippen LogP contribution is 2.38. The van der Waals surface area contributed by atoms with Crippen LogP contribution in [0.3, 0.4) is 0 Å². The fourth-order valence-corrected chi connectivity index (χ4v) is 2.53. The fraction of sp³-hybridized carbons (Fsp3) is 1.00.